The van der Waals surface area contributed by atoms with E-state index < -0.39 is 16.6 Å². The van der Waals surface area contributed by atoms with Crippen LogP contribution < -0.4 is 0 Å². The molecule has 0 spiro atoms. The van der Waals surface area contributed by atoms with E-state index in [-0.39, 0.29) is 0 Å². The smallest absolute Gasteiger partial charge is 0.194 e. The van der Waals surface area contributed by atoms with Gasteiger partial charge in [0.25, 0.3) is 0 Å². The van der Waals surface area contributed by atoms with E-state index in [1.54, 1.807) is 0 Å². The third-order valence-electron chi connectivity index (χ3n) is 4.41. The van der Waals surface area contributed by atoms with E-state index in [0.717, 1.165) is 12.1 Å². The highest BCUT2D eigenvalue weighted by molar-refractivity contribution is 6.88. The van der Waals surface area contributed by atoms with Crippen LogP contribution in [0.1, 0.15) is 26.7 Å². The molecule has 0 radical (unpaired) electrons. The molecule has 2 unspecified atom stereocenters. The summed E-state index contributed by atoms with van der Waals surface area (Å²) in [5.74, 6) is 0. The molecule has 96 valence electrons. The molecule has 1 heterocycles. The highest BCUT2D eigenvalue weighted by Crippen LogP contribution is 2.32. The third kappa shape index (κ3) is 2.60. The van der Waals surface area contributed by atoms with Gasteiger partial charge in [0.1, 0.15) is 8.24 Å². The summed E-state index contributed by atoms with van der Waals surface area (Å²) in [5, 5.41) is 0. The molecule has 0 saturated carbocycles. The minimum atomic E-state index is -1.41. The van der Waals surface area contributed by atoms with Gasteiger partial charge in [0.2, 0.25) is 0 Å². The van der Waals surface area contributed by atoms with Crippen LogP contribution in [0.3, 0.4) is 0 Å². The average molecular weight is 259 g/mol. The molecule has 0 aromatic carbocycles. The highest BCUT2D eigenvalue weighted by atomic mass is 28.4. The van der Waals surface area contributed by atoms with Gasteiger partial charge in [-0.25, -0.2) is 0 Å². The predicted octanol–water partition coefficient (Wildman–Crippen LogP) is 3.33. The topological polar surface area (TPSA) is 6.48 Å². The lowest BCUT2D eigenvalue weighted by atomic mass is 10.2. The van der Waals surface area contributed by atoms with E-state index in [1.165, 1.54) is 12.8 Å². The van der Waals surface area contributed by atoms with E-state index in [2.05, 4.69) is 62.4 Å². The van der Waals surface area contributed by atoms with E-state index in [1.807, 2.05) is 0 Å². The van der Waals surface area contributed by atoms with Crippen molar-refractivity contribution < 1.29 is 0 Å². The van der Waals surface area contributed by atoms with E-state index >= 15 is 0 Å². The van der Waals surface area contributed by atoms with Crippen LogP contribution in [-0.4, -0.2) is 44.6 Å². The summed E-state index contributed by atoms with van der Waals surface area (Å²) in [4.78, 5) is 0. The Morgan fingerprint density at radius 2 is 1.31 bits per heavy atom. The van der Waals surface area contributed by atoms with Crippen LogP contribution in [0.15, 0.2) is 0 Å². The summed E-state index contributed by atoms with van der Waals surface area (Å²) in [6, 6.07) is 1.57. The van der Waals surface area contributed by atoms with Crippen molar-refractivity contribution in [1.82, 2.24) is 8.80 Å². The van der Waals surface area contributed by atoms with Crippen molar-refractivity contribution >= 4 is 16.6 Å². The van der Waals surface area contributed by atoms with Crippen molar-refractivity contribution in [3.8, 4) is 0 Å². The van der Waals surface area contributed by atoms with Crippen molar-refractivity contribution in [3.05, 3.63) is 0 Å². The molecule has 2 nitrogen and oxygen atoms in total. The molecule has 0 aromatic heterocycles. The van der Waals surface area contributed by atoms with Gasteiger partial charge in [0.05, 0.1) is 0 Å². The Kier molecular flexibility index (Phi) is 4.10. The molecule has 1 aliphatic heterocycles. The number of rotatable bonds is 3. The zero-order chi connectivity index (χ0) is 12.7. The molecule has 1 fully saturated rings. The first-order valence-corrected chi connectivity index (χ1v) is 12.9. The summed E-state index contributed by atoms with van der Waals surface area (Å²) in [6.45, 7) is 17.3. The van der Waals surface area contributed by atoms with Gasteiger partial charge >= 0.3 is 0 Å². The van der Waals surface area contributed by atoms with Crippen molar-refractivity contribution in [2.24, 2.45) is 0 Å². The summed E-state index contributed by atoms with van der Waals surface area (Å²) >= 11 is 0. The lowest BCUT2D eigenvalue weighted by Crippen LogP contribution is -2.69. The molecule has 2 atom stereocenters. The minimum Gasteiger partial charge on any atom is -0.336 e. The van der Waals surface area contributed by atoms with Crippen molar-refractivity contribution in [2.75, 3.05) is 7.05 Å². The fourth-order valence-corrected chi connectivity index (χ4v) is 12.9. The van der Waals surface area contributed by atoms with Gasteiger partial charge in [0, 0.05) is 12.1 Å². The van der Waals surface area contributed by atoms with Gasteiger partial charge in [-0.1, -0.05) is 33.5 Å². The summed E-state index contributed by atoms with van der Waals surface area (Å²) < 4.78 is 5.63. The van der Waals surface area contributed by atoms with Crippen LogP contribution >= 0.6 is 0 Å². The zero-order valence-corrected chi connectivity index (χ0v) is 14.5. The Balaban J connectivity index is 2.92. The van der Waals surface area contributed by atoms with E-state index in [0.29, 0.717) is 0 Å². The van der Waals surface area contributed by atoms with Gasteiger partial charge in [-0.3, -0.25) is 0 Å². The fourth-order valence-electron chi connectivity index (χ4n) is 3.27. The van der Waals surface area contributed by atoms with E-state index in [4.69, 9.17) is 0 Å². The minimum absolute atomic E-state index is 0.787. The predicted molar refractivity (Wildman–Crippen MR) is 78.6 cm³/mol. The quantitative estimate of drug-likeness (QED) is 0.717. The molecule has 1 aliphatic rings. The zero-order valence-electron chi connectivity index (χ0n) is 12.5. The highest BCUT2D eigenvalue weighted by Gasteiger charge is 2.45. The van der Waals surface area contributed by atoms with Gasteiger partial charge in [0.15, 0.2) is 8.40 Å². The largest absolute Gasteiger partial charge is 0.336 e. The van der Waals surface area contributed by atoms with Crippen molar-refractivity contribution in [1.29, 1.82) is 0 Å². The second kappa shape index (κ2) is 4.55. The van der Waals surface area contributed by atoms with Crippen LogP contribution in [0.4, 0.5) is 0 Å². The maximum absolute atomic E-state index is 2.85. The van der Waals surface area contributed by atoms with E-state index in [9.17, 15) is 0 Å². The first kappa shape index (κ1) is 14.4. The lowest BCUT2D eigenvalue weighted by Gasteiger charge is -2.50. The average Bonchev–Trinajstić information content (AvgIpc) is 2.43. The Labute approximate surface area is 104 Å². The van der Waals surface area contributed by atoms with Crippen LogP contribution in [0, 0.1) is 0 Å². The molecule has 0 amide bonds. The number of hydrogen-bond donors (Lipinski definition) is 0. The maximum atomic E-state index is 2.85. The SMILES string of the molecule is CC1CCC(C)N1[Si](C)(C)N(C)[Si](C)(C)C. The standard InChI is InChI=1S/C12H30N2Si2/c1-11-9-10-12(2)14(11)16(7,8)13(3)15(4,5)6/h11-12H,9-10H2,1-8H3. The second-order valence-electron chi connectivity index (χ2n) is 6.91. The summed E-state index contributed by atoms with van der Waals surface area (Å²) in [6.07, 6.45) is 2.77. The van der Waals surface area contributed by atoms with Crippen LogP contribution in [0.25, 0.3) is 0 Å². The molecule has 1 saturated heterocycles. The fraction of sp³-hybridized carbons (Fsp3) is 1.00. The van der Waals surface area contributed by atoms with Crippen molar-refractivity contribution in [2.45, 2.75) is 71.5 Å². The molecule has 0 aromatic rings. The van der Waals surface area contributed by atoms with Gasteiger partial charge < -0.3 is 8.80 Å². The normalized spacial score (nSPS) is 29.1. The molecular formula is C12H30N2Si2. The maximum Gasteiger partial charge on any atom is 0.194 e. The number of nitrogens with zero attached hydrogens (tertiary/aromatic N) is 2. The van der Waals surface area contributed by atoms with Crippen LogP contribution in [0.5, 0.6) is 0 Å². The molecular weight excluding hydrogens is 228 g/mol. The third-order valence-corrected chi connectivity index (χ3v) is 13.9. The Hall–Kier alpha value is 0.354. The molecule has 4 heteroatoms. The van der Waals surface area contributed by atoms with Gasteiger partial charge in [-0.2, -0.15) is 0 Å². The first-order chi connectivity index (χ1) is 7.08. The second-order valence-corrected chi connectivity index (χ2v) is 16.5. The molecule has 0 bridgehead atoms. The monoisotopic (exact) mass is 258 g/mol. The van der Waals surface area contributed by atoms with Crippen LogP contribution in [-0.2, 0) is 0 Å². The first-order valence-electron chi connectivity index (χ1n) is 6.61. The van der Waals surface area contributed by atoms with Crippen LogP contribution in [0.2, 0.25) is 32.7 Å². The Morgan fingerprint density at radius 1 is 0.938 bits per heavy atom. The van der Waals surface area contributed by atoms with Crippen molar-refractivity contribution in [3.63, 3.8) is 0 Å². The molecule has 1 rings (SSSR count). The lowest BCUT2D eigenvalue weighted by molar-refractivity contribution is 0.325. The summed E-state index contributed by atoms with van der Waals surface area (Å²) in [5.41, 5.74) is 0. The summed E-state index contributed by atoms with van der Waals surface area (Å²) in [7, 11) is -0.205. The Morgan fingerprint density at radius 3 is 1.62 bits per heavy atom. The molecule has 0 aliphatic carbocycles. The molecule has 0 N–H and O–H groups in total. The van der Waals surface area contributed by atoms with Gasteiger partial charge in [-0.15, -0.1) is 0 Å². The van der Waals surface area contributed by atoms with Gasteiger partial charge in [-0.05, 0) is 33.0 Å². The molecule has 16 heavy (non-hydrogen) atoms. The number of hydrogen-bond acceptors (Lipinski definition) is 2. The Bertz CT molecular complexity index is 238.